The molecule has 1 saturated heterocycles. The highest BCUT2D eigenvalue weighted by Crippen LogP contribution is 2.36. The predicted octanol–water partition coefficient (Wildman–Crippen LogP) is 8.04. The van der Waals surface area contributed by atoms with Crippen LogP contribution in [0.4, 0.5) is 13.2 Å². The molecule has 7 nitrogen and oxygen atoms in total. The van der Waals surface area contributed by atoms with Crippen molar-refractivity contribution in [3.8, 4) is 22.6 Å². The van der Waals surface area contributed by atoms with Gasteiger partial charge in [-0.2, -0.15) is 13.2 Å². The minimum Gasteiger partial charge on any atom is -0.356 e. The first-order valence-corrected chi connectivity index (χ1v) is 15.8. The Balaban J connectivity index is 1.22. The Morgan fingerprint density at radius 1 is 0.979 bits per heavy atom. The van der Waals surface area contributed by atoms with Crippen LogP contribution in [-0.2, 0) is 19.0 Å². The molecule has 0 amide bonds. The Morgan fingerprint density at radius 3 is 2.60 bits per heavy atom. The van der Waals surface area contributed by atoms with E-state index in [-0.39, 0.29) is 17.9 Å². The number of carbonyl (C=O) groups excluding carboxylic acids is 1. The van der Waals surface area contributed by atoms with Crippen molar-refractivity contribution >= 4 is 5.78 Å². The molecule has 4 heterocycles. The van der Waals surface area contributed by atoms with Gasteiger partial charge in [-0.05, 0) is 86.7 Å². The number of benzene rings is 2. The lowest BCUT2D eigenvalue weighted by Gasteiger charge is -2.22. The molecular formula is C37H36F3N5O2. The van der Waals surface area contributed by atoms with Crippen LogP contribution in [0.2, 0.25) is 0 Å². The number of aryl methyl sites for hydroxylation is 2. The van der Waals surface area contributed by atoms with Gasteiger partial charge >= 0.3 is 6.18 Å². The molecule has 1 aliphatic rings. The zero-order valence-corrected chi connectivity index (χ0v) is 26.6. The summed E-state index contributed by atoms with van der Waals surface area (Å²) in [6, 6.07) is 13.5. The van der Waals surface area contributed by atoms with Gasteiger partial charge in [-0.25, -0.2) is 9.97 Å². The summed E-state index contributed by atoms with van der Waals surface area (Å²) < 4.78 is 48.2. The number of carbonyl (C=O) groups is 1. The lowest BCUT2D eigenvalue weighted by Crippen LogP contribution is -2.23. The van der Waals surface area contributed by atoms with Gasteiger partial charge in [-0.1, -0.05) is 41.9 Å². The summed E-state index contributed by atoms with van der Waals surface area (Å²) >= 11 is 0. The van der Waals surface area contributed by atoms with Crippen LogP contribution in [-0.4, -0.2) is 50.9 Å². The van der Waals surface area contributed by atoms with Crippen LogP contribution < -0.4 is 0 Å². The van der Waals surface area contributed by atoms with Crippen molar-refractivity contribution in [3.05, 3.63) is 118 Å². The van der Waals surface area contributed by atoms with E-state index in [0.29, 0.717) is 41.4 Å². The zero-order valence-electron chi connectivity index (χ0n) is 26.6. The van der Waals surface area contributed by atoms with E-state index in [4.69, 9.17) is 9.51 Å². The van der Waals surface area contributed by atoms with Crippen LogP contribution in [0.1, 0.15) is 74.7 Å². The molecule has 0 N–H and O–H groups in total. The van der Waals surface area contributed by atoms with E-state index in [1.807, 2.05) is 39.1 Å². The number of hydrogen-bond donors (Lipinski definition) is 0. The van der Waals surface area contributed by atoms with Gasteiger partial charge < -0.3 is 9.42 Å². The number of rotatable bonds is 8. The molecule has 242 valence electrons. The fourth-order valence-corrected chi connectivity index (χ4v) is 6.29. The molecule has 1 atom stereocenters. The van der Waals surface area contributed by atoms with Crippen molar-refractivity contribution in [2.75, 3.05) is 20.1 Å². The Labute approximate surface area is 271 Å². The predicted molar refractivity (Wildman–Crippen MR) is 173 cm³/mol. The molecule has 6 rings (SSSR count). The minimum atomic E-state index is -4.64. The molecule has 3 aromatic heterocycles. The quantitative estimate of drug-likeness (QED) is 0.159. The fourth-order valence-electron chi connectivity index (χ4n) is 6.29. The number of pyridine rings is 1. The maximum atomic E-state index is 14.3. The van der Waals surface area contributed by atoms with Crippen molar-refractivity contribution in [2.45, 2.75) is 58.0 Å². The minimum absolute atomic E-state index is 0.00541. The van der Waals surface area contributed by atoms with Gasteiger partial charge in [0.2, 0.25) is 0 Å². The highest BCUT2D eigenvalue weighted by Gasteiger charge is 2.36. The van der Waals surface area contributed by atoms with Crippen molar-refractivity contribution < 1.29 is 22.5 Å². The molecule has 10 heteroatoms. The first-order valence-electron chi connectivity index (χ1n) is 15.8. The second-order valence-corrected chi connectivity index (χ2v) is 12.5. The normalized spacial score (nSPS) is 15.8. The van der Waals surface area contributed by atoms with Gasteiger partial charge in [0.1, 0.15) is 5.82 Å². The Bertz CT molecular complexity index is 1900. The molecule has 1 unspecified atom stereocenters. The van der Waals surface area contributed by atoms with E-state index in [2.05, 4.69) is 20.0 Å². The first-order chi connectivity index (χ1) is 22.5. The molecule has 5 aromatic rings. The van der Waals surface area contributed by atoms with Gasteiger partial charge in [-0.15, -0.1) is 0 Å². The maximum Gasteiger partial charge on any atom is 0.417 e. The number of Topliss-reactive ketones (excluding diaryl/α,β-unsaturated/α-hetero) is 1. The average molecular weight is 640 g/mol. The summed E-state index contributed by atoms with van der Waals surface area (Å²) in [4.78, 5) is 29.2. The summed E-state index contributed by atoms with van der Waals surface area (Å²) in [6.45, 7) is 5.50. The van der Waals surface area contributed by atoms with Gasteiger partial charge in [0.05, 0.1) is 17.5 Å². The van der Waals surface area contributed by atoms with Gasteiger partial charge in [-0.3, -0.25) is 9.78 Å². The van der Waals surface area contributed by atoms with Crippen molar-refractivity contribution in [1.82, 2.24) is 25.0 Å². The number of likely N-dealkylation sites (N-methyl/N-ethyl adjacent to an activating group) is 1. The highest BCUT2D eigenvalue weighted by atomic mass is 19.4. The largest absolute Gasteiger partial charge is 0.417 e. The lowest BCUT2D eigenvalue weighted by atomic mass is 9.89. The molecule has 0 aliphatic carbocycles. The van der Waals surface area contributed by atoms with Crippen LogP contribution in [0.15, 0.2) is 77.8 Å². The second-order valence-electron chi connectivity index (χ2n) is 12.5. The van der Waals surface area contributed by atoms with Gasteiger partial charge in [0.15, 0.2) is 11.5 Å². The highest BCUT2D eigenvalue weighted by molar-refractivity contribution is 5.99. The molecule has 0 radical (unpaired) electrons. The molecular weight excluding hydrogens is 603 g/mol. The third-order valence-electron chi connectivity index (χ3n) is 8.87. The standard InChI is InChI=1S/C37H36F3N5O2/c1-23-7-8-25(15-34(46)31-10-9-26(17-32(31)37(38,39)40)27-6-4-5-13-45(3)22-27)14-28(23)18-35-42-12-11-33(44-35)29-16-30(21-41-20-29)36-24(2)19-43-47-36/h7-12,14,16-17,19-21,27H,4-6,13,15,18,22H2,1-3H3. The SMILES string of the molecule is Cc1ccc(CC(=O)c2ccc(C3CCCCN(C)C3)cc2C(F)(F)F)cc1Cc1nccc(-c2cncc(-c3oncc3C)c2)n1. The second kappa shape index (κ2) is 13.6. The number of halogens is 3. The zero-order chi connectivity index (χ0) is 33.1. The summed E-state index contributed by atoms with van der Waals surface area (Å²) in [5.41, 5.74) is 5.13. The summed E-state index contributed by atoms with van der Waals surface area (Å²) in [6.07, 6.45) is 5.18. The fraction of sp³-hybridized carbons (Fsp3) is 0.324. The molecule has 0 spiro atoms. The topological polar surface area (TPSA) is 85.0 Å². The number of ketones is 1. The van der Waals surface area contributed by atoms with Crippen molar-refractivity contribution in [1.29, 1.82) is 0 Å². The molecule has 0 bridgehead atoms. The molecule has 2 aromatic carbocycles. The van der Waals surface area contributed by atoms with Crippen molar-refractivity contribution in [2.24, 2.45) is 0 Å². The summed E-state index contributed by atoms with van der Waals surface area (Å²) in [5, 5.41) is 3.85. The lowest BCUT2D eigenvalue weighted by molar-refractivity contribution is -0.138. The smallest absolute Gasteiger partial charge is 0.356 e. The Kier molecular flexibility index (Phi) is 9.31. The molecule has 1 fully saturated rings. The van der Waals surface area contributed by atoms with E-state index >= 15 is 0 Å². The molecule has 0 saturated carbocycles. The molecule has 47 heavy (non-hydrogen) atoms. The van der Waals surface area contributed by atoms with Crippen LogP contribution in [0.3, 0.4) is 0 Å². The van der Waals surface area contributed by atoms with E-state index in [1.54, 1.807) is 43.0 Å². The summed E-state index contributed by atoms with van der Waals surface area (Å²) in [5.74, 6) is 0.644. The van der Waals surface area contributed by atoms with Crippen LogP contribution in [0.25, 0.3) is 22.6 Å². The van der Waals surface area contributed by atoms with Crippen LogP contribution >= 0.6 is 0 Å². The number of hydrogen-bond acceptors (Lipinski definition) is 7. The van der Waals surface area contributed by atoms with E-state index in [0.717, 1.165) is 53.6 Å². The number of likely N-dealkylation sites (tertiary alicyclic amines) is 1. The first kappa shape index (κ1) is 32.2. The molecule has 1 aliphatic heterocycles. The van der Waals surface area contributed by atoms with E-state index in [9.17, 15) is 18.0 Å². The Morgan fingerprint density at radius 2 is 1.81 bits per heavy atom. The Hall–Kier alpha value is -4.70. The maximum absolute atomic E-state index is 14.3. The summed E-state index contributed by atoms with van der Waals surface area (Å²) in [7, 11) is 2.00. The van der Waals surface area contributed by atoms with Crippen molar-refractivity contribution in [3.63, 3.8) is 0 Å². The van der Waals surface area contributed by atoms with Crippen LogP contribution in [0.5, 0.6) is 0 Å². The average Bonchev–Trinajstić information content (AvgIpc) is 3.37. The number of alkyl halides is 3. The number of aromatic nitrogens is 4. The van der Waals surface area contributed by atoms with Gasteiger partial charge in [0.25, 0.3) is 0 Å². The van der Waals surface area contributed by atoms with E-state index in [1.165, 1.54) is 12.1 Å². The third-order valence-corrected chi connectivity index (χ3v) is 8.87. The van der Waals surface area contributed by atoms with E-state index < -0.39 is 17.5 Å². The van der Waals surface area contributed by atoms with Crippen LogP contribution in [0, 0.1) is 13.8 Å². The van der Waals surface area contributed by atoms with Gasteiger partial charge in [0, 0.05) is 60.2 Å². The third kappa shape index (κ3) is 7.49. The number of nitrogens with zero attached hydrogens (tertiary/aromatic N) is 5. The monoisotopic (exact) mass is 639 g/mol.